The summed E-state index contributed by atoms with van der Waals surface area (Å²) in [5.74, 6) is 1.03. The minimum absolute atomic E-state index is 0. The van der Waals surface area contributed by atoms with Gasteiger partial charge in [0.25, 0.3) is 0 Å². The van der Waals surface area contributed by atoms with Gasteiger partial charge in [-0.15, -0.1) is 0 Å². The number of aromatic hydroxyl groups is 2. The van der Waals surface area contributed by atoms with Crippen LogP contribution in [-0.4, -0.2) is 47.9 Å². The van der Waals surface area contributed by atoms with E-state index in [1.54, 1.807) is 19.2 Å². The van der Waals surface area contributed by atoms with E-state index in [0.717, 1.165) is 23.9 Å². The van der Waals surface area contributed by atoms with Crippen LogP contribution in [0, 0.1) is 0 Å². The number of hydrogen-bond acceptors (Lipinski definition) is 4. The van der Waals surface area contributed by atoms with Crippen LogP contribution < -0.4 is 4.74 Å². The van der Waals surface area contributed by atoms with Crippen LogP contribution in [0.1, 0.15) is 22.7 Å². The summed E-state index contributed by atoms with van der Waals surface area (Å²) in [5, 5.41) is 19.5. The number of methoxy groups -OCH3 is 1. The van der Waals surface area contributed by atoms with Gasteiger partial charge in [0.2, 0.25) is 0 Å². The van der Waals surface area contributed by atoms with Crippen molar-refractivity contribution in [2.24, 2.45) is 0 Å². The van der Waals surface area contributed by atoms with Crippen LogP contribution in [0.3, 0.4) is 0 Å². The zero-order chi connectivity index (χ0) is 16.6. The highest BCUT2D eigenvalue weighted by Crippen LogP contribution is 2.41. The smallest absolute Gasteiger partial charge is 0.161 e. The molecular weight excluding hydrogens is 306 g/mol. The van der Waals surface area contributed by atoms with Crippen molar-refractivity contribution in [3.05, 3.63) is 53.1 Å². The lowest BCUT2D eigenvalue weighted by molar-refractivity contribution is -0.923. The highest BCUT2D eigenvalue weighted by atomic mass is 16.5. The Morgan fingerprint density at radius 1 is 1.12 bits per heavy atom. The highest BCUT2D eigenvalue weighted by molar-refractivity contribution is 5.48. The molecule has 1 aliphatic rings. The molecule has 0 aliphatic carbocycles. The molecule has 130 valence electrons. The van der Waals surface area contributed by atoms with Crippen molar-refractivity contribution in [1.29, 1.82) is 0 Å². The normalized spacial score (nSPS) is 18.4. The monoisotopic (exact) mass is 331 g/mol. The number of quaternary nitrogens is 1. The zero-order valence-corrected chi connectivity index (χ0v) is 14.4. The Morgan fingerprint density at radius 2 is 1.79 bits per heavy atom. The quantitative estimate of drug-likeness (QED) is 0.848. The van der Waals surface area contributed by atoms with E-state index in [-0.39, 0.29) is 23.0 Å². The molecule has 0 radical (unpaired) electrons. The zero-order valence-electron chi connectivity index (χ0n) is 14.4. The Balaban J connectivity index is 0.00000208. The molecule has 0 bridgehead atoms. The third-order valence-corrected chi connectivity index (χ3v) is 4.97. The first-order chi connectivity index (χ1) is 10.9. The first-order valence-corrected chi connectivity index (χ1v) is 7.91. The van der Waals surface area contributed by atoms with Gasteiger partial charge in [-0.1, -0.05) is 12.1 Å². The number of hydrogen-bond donors (Lipinski definition) is 2. The van der Waals surface area contributed by atoms with Gasteiger partial charge in [-0.25, -0.2) is 0 Å². The maximum absolute atomic E-state index is 10.0. The minimum Gasteiger partial charge on any atom is -0.870 e. The van der Waals surface area contributed by atoms with Gasteiger partial charge in [-0.2, -0.15) is 0 Å². The maximum atomic E-state index is 10.0. The average Bonchev–Trinajstić information content (AvgIpc) is 2.52. The molecule has 0 unspecified atom stereocenters. The Kier molecular flexibility index (Phi) is 5.06. The summed E-state index contributed by atoms with van der Waals surface area (Å²) < 4.78 is 6.19. The van der Waals surface area contributed by atoms with Crippen molar-refractivity contribution in [3.8, 4) is 17.2 Å². The van der Waals surface area contributed by atoms with Gasteiger partial charge < -0.3 is 24.9 Å². The molecule has 0 saturated heterocycles. The first kappa shape index (κ1) is 18.1. The molecule has 3 N–H and O–H groups in total. The van der Waals surface area contributed by atoms with Gasteiger partial charge in [0.1, 0.15) is 11.8 Å². The van der Waals surface area contributed by atoms with Crippen molar-refractivity contribution in [2.75, 3.05) is 27.7 Å². The molecule has 24 heavy (non-hydrogen) atoms. The van der Waals surface area contributed by atoms with Crippen LogP contribution in [0.4, 0.5) is 0 Å². The highest BCUT2D eigenvalue weighted by Gasteiger charge is 2.36. The lowest BCUT2D eigenvalue weighted by Crippen LogP contribution is -2.48. The second kappa shape index (κ2) is 6.71. The SMILES string of the molecule is COc1cc2c(cc1O)CC[N+](C)(C)[C@@H]2Cc1ccc(O)cc1.[OH-]. The number of fused-ring (bicyclic) bond motifs is 1. The number of likely N-dealkylation sites (N-methyl/N-ethyl adjacent to an activating group) is 1. The molecule has 0 spiro atoms. The fourth-order valence-corrected chi connectivity index (χ4v) is 3.47. The summed E-state index contributed by atoms with van der Waals surface area (Å²) in [6.07, 6.45) is 1.83. The minimum atomic E-state index is 0. The summed E-state index contributed by atoms with van der Waals surface area (Å²) in [6.45, 7) is 1.03. The molecule has 5 heteroatoms. The van der Waals surface area contributed by atoms with E-state index in [1.165, 1.54) is 16.7 Å². The molecule has 2 aromatic rings. The molecule has 0 saturated carbocycles. The molecule has 0 amide bonds. The van der Waals surface area contributed by atoms with E-state index in [9.17, 15) is 10.2 Å². The van der Waals surface area contributed by atoms with E-state index < -0.39 is 0 Å². The standard InChI is InChI=1S/C19H23NO3.H2O/c1-20(2)9-8-14-11-18(22)19(23-3)12-16(14)17(20)10-13-4-6-15(21)7-5-13;/h4-7,11-12,17H,8-10H2,1-3H3,(H-,21,22);1H2/t17-;/m1./s1. The van der Waals surface area contributed by atoms with Crippen molar-refractivity contribution < 1.29 is 24.9 Å². The first-order valence-electron chi connectivity index (χ1n) is 7.91. The van der Waals surface area contributed by atoms with Crippen molar-refractivity contribution in [1.82, 2.24) is 0 Å². The molecule has 5 nitrogen and oxygen atoms in total. The average molecular weight is 331 g/mol. The van der Waals surface area contributed by atoms with Gasteiger partial charge >= 0.3 is 0 Å². The predicted octanol–water partition coefficient (Wildman–Crippen LogP) is 2.85. The largest absolute Gasteiger partial charge is 0.870 e. The number of nitrogens with zero attached hydrogens (tertiary/aromatic N) is 1. The second-order valence-electron chi connectivity index (χ2n) is 6.86. The summed E-state index contributed by atoms with van der Waals surface area (Å²) >= 11 is 0. The van der Waals surface area contributed by atoms with Gasteiger partial charge in [0.15, 0.2) is 11.5 Å². The lowest BCUT2D eigenvalue weighted by Gasteiger charge is -2.43. The van der Waals surface area contributed by atoms with Gasteiger partial charge in [0.05, 0.1) is 27.7 Å². The van der Waals surface area contributed by atoms with E-state index in [1.807, 2.05) is 24.3 Å². The van der Waals surface area contributed by atoms with Crippen LogP contribution >= 0.6 is 0 Å². The Bertz CT molecular complexity index is 710. The fourth-order valence-electron chi connectivity index (χ4n) is 3.47. The summed E-state index contributed by atoms with van der Waals surface area (Å²) in [5.41, 5.74) is 3.63. The lowest BCUT2D eigenvalue weighted by atomic mass is 9.87. The number of phenolic OH excluding ortho intramolecular Hbond substituents is 2. The molecule has 3 rings (SSSR count). The molecule has 2 aromatic carbocycles. The van der Waals surface area contributed by atoms with E-state index in [0.29, 0.717) is 5.75 Å². The number of rotatable bonds is 3. The van der Waals surface area contributed by atoms with Crippen LogP contribution in [0.15, 0.2) is 36.4 Å². The molecule has 0 aromatic heterocycles. The molecule has 1 aliphatic heterocycles. The fraction of sp³-hybridized carbons (Fsp3) is 0.368. The summed E-state index contributed by atoms with van der Waals surface area (Å²) in [7, 11) is 6.07. The van der Waals surface area contributed by atoms with Gasteiger partial charge in [0, 0.05) is 18.4 Å². The molecule has 0 fully saturated rings. The van der Waals surface area contributed by atoms with Gasteiger partial charge in [-0.3, -0.25) is 0 Å². The number of phenols is 2. The van der Waals surface area contributed by atoms with E-state index >= 15 is 0 Å². The Hall–Kier alpha value is -2.24. The van der Waals surface area contributed by atoms with Crippen LogP contribution in [0.2, 0.25) is 0 Å². The third kappa shape index (κ3) is 3.32. The van der Waals surface area contributed by atoms with Crippen molar-refractivity contribution in [2.45, 2.75) is 18.9 Å². The Labute approximate surface area is 142 Å². The number of ether oxygens (including phenoxy) is 1. The molecule has 1 heterocycles. The molecular formula is C19H25NO4. The Morgan fingerprint density at radius 3 is 2.42 bits per heavy atom. The molecule has 1 atom stereocenters. The van der Waals surface area contributed by atoms with E-state index in [4.69, 9.17) is 4.74 Å². The van der Waals surface area contributed by atoms with Crippen LogP contribution in [-0.2, 0) is 12.8 Å². The maximum Gasteiger partial charge on any atom is 0.161 e. The summed E-state index contributed by atoms with van der Waals surface area (Å²) in [6, 6.07) is 11.5. The summed E-state index contributed by atoms with van der Waals surface area (Å²) in [4.78, 5) is 0. The third-order valence-electron chi connectivity index (χ3n) is 4.97. The predicted molar refractivity (Wildman–Crippen MR) is 91.8 cm³/mol. The topological polar surface area (TPSA) is 79.7 Å². The number of benzene rings is 2. The van der Waals surface area contributed by atoms with Crippen LogP contribution in [0.25, 0.3) is 0 Å². The van der Waals surface area contributed by atoms with Gasteiger partial charge in [-0.05, 0) is 35.4 Å². The van der Waals surface area contributed by atoms with E-state index in [2.05, 4.69) is 14.1 Å². The van der Waals surface area contributed by atoms with Crippen molar-refractivity contribution >= 4 is 0 Å². The second-order valence-corrected chi connectivity index (χ2v) is 6.86. The van der Waals surface area contributed by atoms with Crippen LogP contribution in [0.5, 0.6) is 17.2 Å². The van der Waals surface area contributed by atoms with Crippen molar-refractivity contribution in [3.63, 3.8) is 0 Å².